The lowest BCUT2D eigenvalue weighted by Crippen LogP contribution is -1.98. The van der Waals surface area contributed by atoms with Crippen LogP contribution in [0.3, 0.4) is 0 Å². The topological polar surface area (TPSA) is 0 Å². The SMILES string of the molecule is CC[P](C)(CC)CC.FC(F)F. The maximum absolute atomic E-state index is 9.67. The molecule has 0 bridgehead atoms. The molecule has 0 aliphatic rings. The van der Waals surface area contributed by atoms with E-state index >= 15 is 0 Å². The van der Waals surface area contributed by atoms with E-state index in [4.69, 9.17) is 0 Å². The molecule has 0 aromatic heterocycles. The second-order valence-corrected chi connectivity index (χ2v) is 7.95. The van der Waals surface area contributed by atoms with E-state index in [1.165, 1.54) is 18.5 Å². The Balaban J connectivity index is 0. The third-order valence-electron chi connectivity index (χ3n) is 2.29. The van der Waals surface area contributed by atoms with Gasteiger partial charge in [-0.3, -0.25) is 0 Å². The highest BCUT2D eigenvalue weighted by molar-refractivity contribution is 7.75. The summed E-state index contributed by atoms with van der Waals surface area (Å²) in [6.45, 7) is 5.76. The molecule has 0 aromatic rings. The third-order valence-corrected chi connectivity index (χ3v) is 6.87. The van der Waals surface area contributed by atoms with Crippen molar-refractivity contribution in [3.8, 4) is 0 Å². The molecule has 0 amide bonds. The van der Waals surface area contributed by atoms with Crippen LogP contribution in [-0.4, -0.2) is 31.8 Å². The summed E-state index contributed by atoms with van der Waals surface area (Å²) in [7, 11) is -0.412. The first-order chi connectivity index (χ1) is 5.41. The minimum atomic E-state index is -3.67. The van der Waals surface area contributed by atoms with Crippen LogP contribution in [0, 0.1) is 0 Å². The zero-order valence-electron chi connectivity index (χ0n) is 8.28. The van der Waals surface area contributed by atoms with Crippen LogP contribution < -0.4 is 0 Å². The largest absolute Gasteiger partial charge is 0.379 e. The molecule has 0 rings (SSSR count). The lowest BCUT2D eigenvalue weighted by atomic mass is 10.9. The van der Waals surface area contributed by atoms with Gasteiger partial charge in [0.05, 0.1) is 0 Å². The van der Waals surface area contributed by atoms with Gasteiger partial charge in [-0.25, -0.2) is 0 Å². The standard InChI is InChI=1S/C7H18P.CHF3/c1-5-8(4,6-2)7-3;2-1(3)4/h5-7H2,1-4H3;1H. The van der Waals surface area contributed by atoms with E-state index < -0.39 is 13.9 Å². The van der Waals surface area contributed by atoms with Gasteiger partial charge in [0.2, 0.25) is 0 Å². The Bertz CT molecular complexity index is 81.3. The van der Waals surface area contributed by atoms with Crippen molar-refractivity contribution in [2.45, 2.75) is 27.5 Å². The molecule has 0 spiro atoms. The summed E-state index contributed by atoms with van der Waals surface area (Å²) in [5.74, 6) is 0. The summed E-state index contributed by atoms with van der Waals surface area (Å²) in [5.41, 5.74) is 0. The lowest BCUT2D eigenvalue weighted by Gasteiger charge is -2.27. The van der Waals surface area contributed by atoms with Crippen LogP contribution in [0.25, 0.3) is 0 Å². The van der Waals surface area contributed by atoms with Crippen molar-refractivity contribution in [2.75, 3.05) is 25.2 Å². The van der Waals surface area contributed by atoms with Crippen LogP contribution in [0.2, 0.25) is 0 Å². The predicted octanol–water partition coefficient (Wildman–Crippen LogP) is 3.87. The first-order valence-corrected chi connectivity index (χ1v) is 6.96. The molecule has 0 aromatic carbocycles. The van der Waals surface area contributed by atoms with Gasteiger partial charge in [-0.2, -0.15) is 13.2 Å². The molecule has 1 radical (unpaired) electrons. The molecule has 0 aliphatic heterocycles. The predicted molar refractivity (Wildman–Crippen MR) is 51.6 cm³/mol. The van der Waals surface area contributed by atoms with E-state index in [2.05, 4.69) is 27.4 Å². The van der Waals surface area contributed by atoms with Crippen molar-refractivity contribution in [1.29, 1.82) is 0 Å². The molecule has 0 heterocycles. The maximum Gasteiger partial charge on any atom is 0.379 e. The van der Waals surface area contributed by atoms with E-state index in [0.29, 0.717) is 0 Å². The number of rotatable bonds is 3. The van der Waals surface area contributed by atoms with Gasteiger partial charge in [-0.15, -0.1) is 7.26 Å². The monoisotopic (exact) mass is 203 g/mol. The quantitative estimate of drug-likeness (QED) is 0.611. The van der Waals surface area contributed by atoms with E-state index in [0.717, 1.165) is 0 Å². The Kier molecular flexibility index (Phi) is 9.63. The average Bonchev–Trinajstić information content (AvgIpc) is 2.02. The molecule has 0 saturated heterocycles. The average molecular weight is 203 g/mol. The molecule has 0 nitrogen and oxygen atoms in total. The fraction of sp³-hybridized carbons (Fsp3) is 1.00. The van der Waals surface area contributed by atoms with Crippen molar-refractivity contribution in [3.63, 3.8) is 0 Å². The number of alkyl halides is 3. The zero-order chi connectivity index (χ0) is 10.2. The summed E-state index contributed by atoms with van der Waals surface area (Å²) in [5, 5.41) is 0. The first-order valence-electron chi connectivity index (χ1n) is 4.17. The van der Waals surface area contributed by atoms with Crippen molar-refractivity contribution >= 4 is 7.26 Å². The first kappa shape index (κ1) is 14.7. The van der Waals surface area contributed by atoms with Crippen LogP contribution in [0.5, 0.6) is 0 Å². The van der Waals surface area contributed by atoms with E-state index in [-0.39, 0.29) is 0 Å². The second-order valence-electron chi connectivity index (χ2n) is 2.82. The van der Waals surface area contributed by atoms with Crippen LogP contribution in [0.4, 0.5) is 13.2 Å². The van der Waals surface area contributed by atoms with Crippen molar-refractivity contribution < 1.29 is 13.2 Å². The van der Waals surface area contributed by atoms with E-state index in [1.807, 2.05) is 0 Å². The molecule has 0 atom stereocenters. The molecule has 0 saturated carbocycles. The zero-order valence-corrected chi connectivity index (χ0v) is 9.17. The Labute approximate surface area is 73.9 Å². The molecule has 4 heteroatoms. The molecule has 12 heavy (non-hydrogen) atoms. The Morgan fingerprint density at radius 3 is 1.08 bits per heavy atom. The van der Waals surface area contributed by atoms with Gasteiger partial charge in [0.25, 0.3) is 0 Å². The van der Waals surface area contributed by atoms with Gasteiger partial charge in [-0.05, 0) is 25.2 Å². The summed E-state index contributed by atoms with van der Waals surface area (Å²) in [6.07, 6.45) is 4.29. The molecule has 0 fully saturated rings. The molecule has 0 N–H and O–H groups in total. The van der Waals surface area contributed by atoms with Gasteiger partial charge in [-0.1, -0.05) is 20.8 Å². The summed E-state index contributed by atoms with van der Waals surface area (Å²) < 4.78 is 29.0. The Morgan fingerprint density at radius 1 is 0.917 bits per heavy atom. The van der Waals surface area contributed by atoms with Crippen LogP contribution in [0.15, 0.2) is 0 Å². The van der Waals surface area contributed by atoms with Gasteiger partial charge in [0, 0.05) is 0 Å². The number of hydrogen-bond acceptors (Lipinski definition) is 0. The van der Waals surface area contributed by atoms with Crippen LogP contribution in [-0.2, 0) is 0 Å². The van der Waals surface area contributed by atoms with Gasteiger partial charge < -0.3 is 0 Å². The maximum atomic E-state index is 9.67. The normalized spacial score (nSPS) is 11.0. The van der Waals surface area contributed by atoms with Crippen molar-refractivity contribution in [2.24, 2.45) is 0 Å². The summed E-state index contributed by atoms with van der Waals surface area (Å²) in [4.78, 5) is 0. The van der Waals surface area contributed by atoms with Gasteiger partial charge in [0.1, 0.15) is 0 Å². The minimum Gasteiger partial charge on any atom is -0.174 e. The molecule has 0 aliphatic carbocycles. The van der Waals surface area contributed by atoms with E-state index in [9.17, 15) is 13.2 Å². The Morgan fingerprint density at radius 2 is 1.08 bits per heavy atom. The summed E-state index contributed by atoms with van der Waals surface area (Å²) >= 11 is 0. The Hall–Kier alpha value is 0.220. The minimum absolute atomic E-state index is 0.412. The van der Waals surface area contributed by atoms with Crippen LogP contribution in [0.1, 0.15) is 20.8 Å². The molecule has 77 valence electrons. The highest BCUT2D eigenvalue weighted by Gasteiger charge is 2.11. The number of halogens is 3. The highest BCUT2D eigenvalue weighted by Crippen LogP contribution is 2.53. The second kappa shape index (κ2) is 7.85. The fourth-order valence-electron chi connectivity index (χ4n) is 0.671. The lowest BCUT2D eigenvalue weighted by molar-refractivity contribution is 0.00819. The van der Waals surface area contributed by atoms with E-state index in [1.54, 1.807) is 0 Å². The van der Waals surface area contributed by atoms with Gasteiger partial charge >= 0.3 is 6.68 Å². The highest BCUT2D eigenvalue weighted by atomic mass is 31.2. The summed E-state index contributed by atoms with van der Waals surface area (Å²) in [6, 6.07) is 0. The third kappa shape index (κ3) is 10.2. The fourth-order valence-corrected chi connectivity index (χ4v) is 2.01. The van der Waals surface area contributed by atoms with Crippen molar-refractivity contribution in [1.82, 2.24) is 0 Å². The smallest absolute Gasteiger partial charge is 0.174 e. The molecular formula is C8H19F3P. The number of hydrogen-bond donors (Lipinski definition) is 0. The van der Waals surface area contributed by atoms with Crippen LogP contribution >= 0.6 is 7.26 Å². The van der Waals surface area contributed by atoms with Gasteiger partial charge in [0.15, 0.2) is 0 Å². The van der Waals surface area contributed by atoms with Crippen molar-refractivity contribution in [3.05, 3.63) is 0 Å². The molecular weight excluding hydrogens is 184 g/mol. The molecule has 0 unspecified atom stereocenters.